The Balaban J connectivity index is 2.12. The number of Topliss-reactive ketones (excluding diaryl/α,β-unsaturated/α-hetero) is 1. The van der Waals surface area contributed by atoms with E-state index in [9.17, 15) is 32.3 Å². The Morgan fingerprint density at radius 3 is 2.53 bits per heavy atom. The zero-order valence-corrected chi connectivity index (χ0v) is 17.4. The fourth-order valence-electron chi connectivity index (χ4n) is 3.15. The maximum atomic E-state index is 12.8. The zero-order chi connectivity index (χ0) is 23.9. The van der Waals surface area contributed by atoms with Crippen LogP contribution in [0.15, 0.2) is 10.9 Å². The Labute approximate surface area is 180 Å². The molecule has 0 spiro atoms. The van der Waals surface area contributed by atoms with Crippen LogP contribution in [-0.2, 0) is 19.1 Å². The summed E-state index contributed by atoms with van der Waals surface area (Å²) in [6, 6.07) is -2.56. The topological polar surface area (TPSA) is 153 Å². The molecule has 1 aromatic heterocycles. The molecule has 3 N–H and O–H groups in total. The van der Waals surface area contributed by atoms with Crippen molar-refractivity contribution in [1.82, 2.24) is 26.1 Å². The van der Waals surface area contributed by atoms with Crippen molar-refractivity contribution in [3.05, 3.63) is 12.2 Å². The van der Waals surface area contributed by atoms with E-state index >= 15 is 0 Å². The molecule has 0 aromatic carbocycles. The second-order valence-corrected chi connectivity index (χ2v) is 7.68. The molecular weight excluding hydrogens is 439 g/mol. The SMILES string of the molecule is CC(C)C[C@H](NC(=O)c1ncon1)C(=O)N[C@@H](C[C@@H]1CCNC1=O)C(=O)COC(F)(F)F. The van der Waals surface area contributed by atoms with Gasteiger partial charge >= 0.3 is 6.36 Å². The summed E-state index contributed by atoms with van der Waals surface area (Å²) in [5.74, 6) is -4.08. The molecule has 2 heterocycles. The van der Waals surface area contributed by atoms with Gasteiger partial charge in [0.15, 0.2) is 5.78 Å². The number of carbonyl (C=O) groups is 4. The lowest BCUT2D eigenvalue weighted by Gasteiger charge is -2.25. The highest BCUT2D eigenvalue weighted by atomic mass is 19.4. The third-order valence-corrected chi connectivity index (χ3v) is 4.66. The van der Waals surface area contributed by atoms with E-state index in [0.717, 1.165) is 6.39 Å². The van der Waals surface area contributed by atoms with Crippen molar-refractivity contribution in [2.45, 2.75) is 51.6 Å². The fourth-order valence-corrected chi connectivity index (χ4v) is 3.15. The first-order valence-electron chi connectivity index (χ1n) is 9.85. The maximum Gasteiger partial charge on any atom is 0.522 e. The van der Waals surface area contributed by atoms with Crippen molar-refractivity contribution in [1.29, 1.82) is 0 Å². The molecule has 1 saturated heterocycles. The molecule has 1 aromatic rings. The van der Waals surface area contributed by atoms with Crippen molar-refractivity contribution in [2.75, 3.05) is 13.2 Å². The molecule has 11 nitrogen and oxygen atoms in total. The van der Waals surface area contributed by atoms with Gasteiger partial charge in [0.05, 0.1) is 6.04 Å². The van der Waals surface area contributed by atoms with E-state index in [2.05, 4.69) is 35.4 Å². The van der Waals surface area contributed by atoms with Crippen molar-refractivity contribution in [3.63, 3.8) is 0 Å². The van der Waals surface area contributed by atoms with Gasteiger partial charge in [-0.25, -0.2) is 0 Å². The average Bonchev–Trinajstić information content (AvgIpc) is 3.36. The Hall–Kier alpha value is -3.03. The minimum absolute atomic E-state index is 0.0698. The number of rotatable bonds is 11. The van der Waals surface area contributed by atoms with E-state index in [4.69, 9.17) is 0 Å². The monoisotopic (exact) mass is 463 g/mol. The second-order valence-electron chi connectivity index (χ2n) is 7.68. The Kier molecular flexibility index (Phi) is 8.69. The van der Waals surface area contributed by atoms with Gasteiger partial charge in [0.25, 0.3) is 11.7 Å². The van der Waals surface area contributed by atoms with Crippen LogP contribution in [0.3, 0.4) is 0 Å². The van der Waals surface area contributed by atoms with Gasteiger partial charge in [0, 0.05) is 12.5 Å². The molecule has 2 rings (SSSR count). The number of ether oxygens (including phenoxy) is 1. The highest BCUT2D eigenvalue weighted by molar-refractivity contribution is 5.96. The van der Waals surface area contributed by atoms with Crippen LogP contribution in [0, 0.1) is 11.8 Å². The van der Waals surface area contributed by atoms with Crippen LogP contribution in [0.25, 0.3) is 0 Å². The van der Waals surface area contributed by atoms with E-state index in [0.29, 0.717) is 13.0 Å². The van der Waals surface area contributed by atoms with E-state index in [1.54, 1.807) is 13.8 Å². The van der Waals surface area contributed by atoms with Crippen LogP contribution in [0.4, 0.5) is 13.2 Å². The third kappa shape index (κ3) is 7.90. The molecule has 32 heavy (non-hydrogen) atoms. The van der Waals surface area contributed by atoms with Gasteiger partial charge in [-0.15, -0.1) is 13.2 Å². The summed E-state index contributed by atoms with van der Waals surface area (Å²) in [6.45, 7) is 2.59. The number of nitrogens with one attached hydrogen (secondary N) is 3. The summed E-state index contributed by atoms with van der Waals surface area (Å²) in [6.07, 6.45) is -3.80. The molecule has 1 aliphatic heterocycles. The van der Waals surface area contributed by atoms with Crippen LogP contribution in [0.1, 0.15) is 43.7 Å². The van der Waals surface area contributed by atoms with Crippen LogP contribution >= 0.6 is 0 Å². The summed E-state index contributed by atoms with van der Waals surface area (Å²) in [7, 11) is 0. The number of aromatic nitrogens is 2. The van der Waals surface area contributed by atoms with Gasteiger partial charge in [-0.3, -0.25) is 23.9 Å². The molecular formula is C18H24F3N5O6. The van der Waals surface area contributed by atoms with Crippen molar-refractivity contribution in [2.24, 2.45) is 11.8 Å². The lowest BCUT2D eigenvalue weighted by molar-refractivity contribution is -0.321. The molecule has 1 fully saturated rings. The minimum atomic E-state index is -5.03. The van der Waals surface area contributed by atoms with Crippen LogP contribution in [0.2, 0.25) is 0 Å². The predicted molar refractivity (Wildman–Crippen MR) is 99.7 cm³/mol. The summed E-state index contributed by atoms with van der Waals surface area (Å²) < 4.78 is 45.2. The lowest BCUT2D eigenvalue weighted by Crippen LogP contribution is -2.53. The Morgan fingerprint density at radius 1 is 1.28 bits per heavy atom. The number of halogens is 3. The molecule has 0 saturated carbocycles. The minimum Gasteiger partial charge on any atom is -0.356 e. The largest absolute Gasteiger partial charge is 0.522 e. The number of hydrogen-bond acceptors (Lipinski definition) is 8. The molecule has 0 bridgehead atoms. The van der Waals surface area contributed by atoms with Gasteiger partial charge < -0.3 is 20.5 Å². The van der Waals surface area contributed by atoms with E-state index in [-0.39, 0.29) is 30.5 Å². The molecule has 14 heteroatoms. The molecule has 178 valence electrons. The first-order chi connectivity index (χ1) is 15.0. The summed E-state index contributed by atoms with van der Waals surface area (Å²) in [5, 5.41) is 10.7. The number of ketones is 1. The molecule has 0 unspecified atom stereocenters. The highest BCUT2D eigenvalue weighted by Crippen LogP contribution is 2.20. The first-order valence-corrected chi connectivity index (χ1v) is 9.85. The number of nitrogens with zero attached hydrogens (tertiary/aromatic N) is 2. The molecule has 1 aliphatic rings. The highest BCUT2D eigenvalue weighted by Gasteiger charge is 2.36. The fraction of sp³-hybridized carbons (Fsp3) is 0.667. The molecule has 0 radical (unpaired) electrons. The number of carbonyl (C=O) groups excluding carboxylic acids is 4. The second kappa shape index (κ2) is 11.0. The summed E-state index contributed by atoms with van der Waals surface area (Å²) in [5.41, 5.74) is 0. The zero-order valence-electron chi connectivity index (χ0n) is 17.4. The standard InChI is InChI=1S/C18H24F3N5O6/c1-9(2)5-12(25-17(30)14-23-8-32-26-14)16(29)24-11(6-10-3-4-22-15(10)28)13(27)7-31-18(19,20)21/h8-12H,3-7H2,1-2H3,(H,22,28)(H,24,29)(H,25,30)/t10-,11-,12-/m0/s1. The van der Waals surface area contributed by atoms with Gasteiger partial charge in [-0.2, -0.15) is 4.98 Å². The maximum absolute atomic E-state index is 12.8. The van der Waals surface area contributed by atoms with E-state index < -0.39 is 48.6 Å². The third-order valence-electron chi connectivity index (χ3n) is 4.66. The smallest absolute Gasteiger partial charge is 0.356 e. The molecule has 3 amide bonds. The van der Waals surface area contributed by atoms with E-state index in [1.165, 1.54) is 0 Å². The predicted octanol–water partition coefficient (Wildman–Crippen LogP) is 0.331. The van der Waals surface area contributed by atoms with Gasteiger partial charge in [-0.05, 0) is 25.2 Å². The van der Waals surface area contributed by atoms with Gasteiger partial charge in [0.2, 0.25) is 18.2 Å². The van der Waals surface area contributed by atoms with Crippen LogP contribution in [-0.4, -0.2) is 65.2 Å². The average molecular weight is 463 g/mol. The van der Waals surface area contributed by atoms with Crippen molar-refractivity contribution >= 4 is 23.5 Å². The van der Waals surface area contributed by atoms with Gasteiger partial charge in [-0.1, -0.05) is 19.0 Å². The number of alkyl halides is 3. The Morgan fingerprint density at radius 2 is 2.00 bits per heavy atom. The molecule has 0 aliphatic carbocycles. The lowest BCUT2D eigenvalue weighted by atomic mass is 9.95. The quantitative estimate of drug-likeness (QED) is 0.425. The van der Waals surface area contributed by atoms with Crippen LogP contribution in [0.5, 0.6) is 0 Å². The Bertz CT molecular complexity index is 815. The summed E-state index contributed by atoms with van der Waals surface area (Å²) >= 11 is 0. The summed E-state index contributed by atoms with van der Waals surface area (Å²) in [4.78, 5) is 52.9. The van der Waals surface area contributed by atoms with Gasteiger partial charge in [0.1, 0.15) is 12.6 Å². The first kappa shape index (κ1) is 25.2. The molecule has 3 atom stereocenters. The van der Waals surface area contributed by atoms with Crippen molar-refractivity contribution in [3.8, 4) is 0 Å². The van der Waals surface area contributed by atoms with Crippen LogP contribution < -0.4 is 16.0 Å². The van der Waals surface area contributed by atoms with Crippen molar-refractivity contribution < 1.29 is 41.6 Å². The normalized spacial score (nSPS) is 18.2. The number of hydrogen-bond donors (Lipinski definition) is 3. The van der Waals surface area contributed by atoms with E-state index in [1.807, 2.05) is 0 Å². The number of amides is 3.